The number of amides is 2. The molecule has 108 valence electrons. The van der Waals surface area contributed by atoms with E-state index >= 15 is 0 Å². The Morgan fingerprint density at radius 1 is 1.40 bits per heavy atom. The lowest BCUT2D eigenvalue weighted by Crippen LogP contribution is -2.47. The first-order valence-corrected chi connectivity index (χ1v) is 6.79. The van der Waals surface area contributed by atoms with Gasteiger partial charge in [0.2, 0.25) is 5.91 Å². The van der Waals surface area contributed by atoms with Gasteiger partial charge in [0, 0.05) is 16.3 Å². The molecule has 7 heteroatoms. The number of nitrogens with one attached hydrogen (secondary N) is 1. The van der Waals surface area contributed by atoms with Gasteiger partial charge in [-0.25, -0.2) is 4.79 Å². The first-order chi connectivity index (χ1) is 9.31. The quantitative estimate of drug-likeness (QED) is 0.682. The zero-order valence-electron chi connectivity index (χ0n) is 11.1. The molecule has 2 amide bonds. The second-order valence-electron chi connectivity index (χ2n) is 4.51. The Hall–Kier alpha value is -2.15. The van der Waals surface area contributed by atoms with E-state index in [0.717, 1.165) is 6.08 Å². The predicted octanol–water partition coefficient (Wildman–Crippen LogP) is 1.09. The van der Waals surface area contributed by atoms with Gasteiger partial charge in [-0.3, -0.25) is 9.59 Å². The van der Waals surface area contributed by atoms with Crippen LogP contribution in [0.4, 0.5) is 0 Å². The molecule has 0 bridgehead atoms. The molecule has 1 atom stereocenters. The number of rotatable bonds is 6. The molecule has 0 saturated heterocycles. The summed E-state index contributed by atoms with van der Waals surface area (Å²) in [5, 5.41) is 12.7. The van der Waals surface area contributed by atoms with E-state index < -0.39 is 23.8 Å². The van der Waals surface area contributed by atoms with Gasteiger partial charge < -0.3 is 16.2 Å². The lowest BCUT2D eigenvalue weighted by molar-refractivity contribution is -0.131. The minimum atomic E-state index is -1.06. The number of nitrogens with two attached hydrogens (primary N) is 1. The zero-order valence-corrected chi connectivity index (χ0v) is 11.9. The molecule has 0 spiro atoms. The van der Waals surface area contributed by atoms with Crippen molar-refractivity contribution in [1.82, 2.24) is 5.32 Å². The molecular formula is C13H16N2O4S. The highest BCUT2D eigenvalue weighted by Crippen LogP contribution is 2.16. The SMILES string of the molecule is CC(C)C(NC(=O)c1csc(/C=C/C(=O)O)c1)C(N)=O. The summed E-state index contributed by atoms with van der Waals surface area (Å²) in [6.45, 7) is 3.56. The molecular weight excluding hydrogens is 280 g/mol. The van der Waals surface area contributed by atoms with Crippen molar-refractivity contribution in [2.75, 3.05) is 0 Å². The van der Waals surface area contributed by atoms with Crippen molar-refractivity contribution in [1.29, 1.82) is 0 Å². The molecule has 0 saturated carbocycles. The molecule has 1 rings (SSSR count). The van der Waals surface area contributed by atoms with E-state index in [1.165, 1.54) is 17.4 Å². The first kappa shape index (κ1) is 15.9. The Bertz CT molecular complexity index is 548. The van der Waals surface area contributed by atoms with Crippen LogP contribution in [0.3, 0.4) is 0 Å². The van der Waals surface area contributed by atoms with Gasteiger partial charge >= 0.3 is 5.97 Å². The first-order valence-electron chi connectivity index (χ1n) is 5.91. The highest BCUT2D eigenvalue weighted by Gasteiger charge is 2.22. The number of aliphatic carboxylic acids is 1. The largest absolute Gasteiger partial charge is 0.478 e. The number of carboxylic acid groups (broad SMARTS) is 1. The molecule has 0 aliphatic rings. The van der Waals surface area contributed by atoms with Crippen molar-refractivity contribution in [3.05, 3.63) is 28.0 Å². The monoisotopic (exact) mass is 296 g/mol. The number of primary amides is 1. The summed E-state index contributed by atoms with van der Waals surface area (Å²) in [7, 11) is 0. The van der Waals surface area contributed by atoms with Crippen LogP contribution in [0, 0.1) is 5.92 Å². The molecule has 0 aromatic carbocycles. The fourth-order valence-electron chi connectivity index (χ4n) is 1.50. The third kappa shape index (κ3) is 4.51. The summed E-state index contributed by atoms with van der Waals surface area (Å²) in [4.78, 5) is 34.2. The molecule has 1 unspecified atom stereocenters. The molecule has 1 heterocycles. The third-order valence-electron chi connectivity index (χ3n) is 2.53. The van der Waals surface area contributed by atoms with Crippen molar-refractivity contribution < 1.29 is 19.5 Å². The van der Waals surface area contributed by atoms with E-state index in [1.54, 1.807) is 25.3 Å². The van der Waals surface area contributed by atoms with E-state index in [1.807, 2.05) is 0 Å². The van der Waals surface area contributed by atoms with Crippen molar-refractivity contribution >= 4 is 35.2 Å². The maximum Gasteiger partial charge on any atom is 0.328 e. The van der Waals surface area contributed by atoms with Gasteiger partial charge in [-0.1, -0.05) is 13.8 Å². The molecule has 4 N–H and O–H groups in total. The molecule has 0 aliphatic heterocycles. The molecule has 20 heavy (non-hydrogen) atoms. The van der Waals surface area contributed by atoms with Gasteiger partial charge in [0.15, 0.2) is 0 Å². The van der Waals surface area contributed by atoms with Gasteiger partial charge in [-0.2, -0.15) is 0 Å². The van der Waals surface area contributed by atoms with Crippen LogP contribution in [0.5, 0.6) is 0 Å². The fourth-order valence-corrected chi connectivity index (χ4v) is 2.28. The summed E-state index contributed by atoms with van der Waals surface area (Å²) in [6, 6.07) is 0.818. The molecule has 0 aliphatic carbocycles. The predicted molar refractivity (Wildman–Crippen MR) is 76.3 cm³/mol. The van der Waals surface area contributed by atoms with Gasteiger partial charge in [-0.05, 0) is 18.1 Å². The van der Waals surface area contributed by atoms with Crippen LogP contribution in [-0.4, -0.2) is 28.9 Å². The molecule has 1 aromatic rings. The lowest BCUT2D eigenvalue weighted by atomic mass is 10.0. The van der Waals surface area contributed by atoms with Gasteiger partial charge in [0.25, 0.3) is 5.91 Å². The van der Waals surface area contributed by atoms with Gasteiger partial charge in [-0.15, -0.1) is 11.3 Å². The van der Waals surface area contributed by atoms with E-state index in [9.17, 15) is 14.4 Å². The minimum absolute atomic E-state index is 0.110. The smallest absolute Gasteiger partial charge is 0.328 e. The normalized spacial score (nSPS) is 12.6. The number of thiophene rings is 1. The topological polar surface area (TPSA) is 109 Å². The molecule has 1 aromatic heterocycles. The van der Waals surface area contributed by atoms with E-state index in [-0.39, 0.29) is 5.92 Å². The molecule has 0 radical (unpaired) electrons. The molecule has 0 fully saturated rings. The van der Waals surface area contributed by atoms with Gasteiger partial charge in [0.05, 0.1) is 5.56 Å². The van der Waals surface area contributed by atoms with Gasteiger partial charge in [0.1, 0.15) is 6.04 Å². The number of carbonyl (C=O) groups excluding carboxylic acids is 2. The second-order valence-corrected chi connectivity index (χ2v) is 5.45. The van der Waals surface area contributed by atoms with E-state index in [4.69, 9.17) is 10.8 Å². The third-order valence-corrected chi connectivity index (χ3v) is 3.43. The minimum Gasteiger partial charge on any atom is -0.478 e. The van der Waals surface area contributed by atoms with Crippen LogP contribution < -0.4 is 11.1 Å². The Balaban J connectivity index is 2.78. The second kappa shape index (κ2) is 6.85. The van der Waals surface area contributed by atoms with E-state index in [2.05, 4.69) is 5.32 Å². The fraction of sp³-hybridized carbons (Fsp3) is 0.308. The standard InChI is InChI=1S/C13H16N2O4S/c1-7(2)11(12(14)18)15-13(19)8-5-9(20-6-8)3-4-10(16)17/h3-7,11H,1-2H3,(H2,14,18)(H,15,19)(H,16,17)/b4-3+. The van der Waals surface area contributed by atoms with Crippen LogP contribution in [0.2, 0.25) is 0 Å². The summed E-state index contributed by atoms with van der Waals surface area (Å²) in [6.07, 6.45) is 2.39. The number of hydrogen-bond acceptors (Lipinski definition) is 4. The van der Waals surface area contributed by atoms with E-state index in [0.29, 0.717) is 10.4 Å². The Morgan fingerprint density at radius 3 is 2.55 bits per heavy atom. The van der Waals surface area contributed by atoms with Crippen LogP contribution in [0.1, 0.15) is 29.1 Å². The van der Waals surface area contributed by atoms with Crippen LogP contribution >= 0.6 is 11.3 Å². The molecule has 6 nitrogen and oxygen atoms in total. The maximum atomic E-state index is 12.0. The maximum absolute atomic E-state index is 12.0. The summed E-state index contributed by atoms with van der Waals surface area (Å²) in [5.41, 5.74) is 5.59. The number of hydrogen-bond donors (Lipinski definition) is 3. The average Bonchev–Trinajstić information content (AvgIpc) is 2.81. The lowest BCUT2D eigenvalue weighted by Gasteiger charge is -2.18. The number of carbonyl (C=O) groups is 3. The van der Waals surface area contributed by atoms with Crippen molar-refractivity contribution in [2.45, 2.75) is 19.9 Å². The van der Waals surface area contributed by atoms with Crippen molar-refractivity contribution in [3.8, 4) is 0 Å². The van der Waals surface area contributed by atoms with Crippen LogP contribution in [0.25, 0.3) is 6.08 Å². The Labute approximate surface area is 120 Å². The van der Waals surface area contributed by atoms with Crippen LogP contribution in [-0.2, 0) is 9.59 Å². The average molecular weight is 296 g/mol. The summed E-state index contributed by atoms with van der Waals surface area (Å²) >= 11 is 1.24. The summed E-state index contributed by atoms with van der Waals surface area (Å²) < 4.78 is 0. The zero-order chi connectivity index (χ0) is 15.3. The number of carboxylic acids is 1. The van der Waals surface area contributed by atoms with Crippen LogP contribution in [0.15, 0.2) is 17.5 Å². The highest BCUT2D eigenvalue weighted by atomic mass is 32.1. The highest BCUT2D eigenvalue weighted by molar-refractivity contribution is 7.11. The van der Waals surface area contributed by atoms with Crippen molar-refractivity contribution in [2.24, 2.45) is 11.7 Å². The van der Waals surface area contributed by atoms with Crippen molar-refractivity contribution in [3.63, 3.8) is 0 Å². The summed E-state index contributed by atoms with van der Waals surface area (Å²) in [5.74, 6) is -2.16. The Morgan fingerprint density at radius 2 is 2.05 bits per heavy atom. The Kier molecular flexibility index (Phi) is 5.45.